The number of rotatable bonds is 5. The molecule has 0 saturated carbocycles. The van der Waals surface area contributed by atoms with E-state index in [1.165, 1.54) is 14.2 Å². The van der Waals surface area contributed by atoms with E-state index in [0.29, 0.717) is 27.9 Å². The van der Waals surface area contributed by atoms with Gasteiger partial charge in [-0.3, -0.25) is 0 Å². The summed E-state index contributed by atoms with van der Waals surface area (Å²) in [5, 5.41) is 9.01. The van der Waals surface area contributed by atoms with Gasteiger partial charge in [-0.25, -0.2) is 0 Å². The van der Waals surface area contributed by atoms with Crippen LogP contribution in [-0.2, 0) is 14.3 Å². The van der Waals surface area contributed by atoms with Crippen molar-refractivity contribution >= 4 is 33.7 Å². The van der Waals surface area contributed by atoms with Crippen LogP contribution in [0.2, 0.25) is 0 Å². The third-order valence-corrected chi connectivity index (χ3v) is 2.17. The van der Waals surface area contributed by atoms with E-state index in [1.54, 1.807) is 6.92 Å². The number of ketones is 1. The Kier molecular flexibility index (Phi) is 5.56. The van der Waals surface area contributed by atoms with Gasteiger partial charge in [0.05, 0.1) is 0 Å². The zero-order valence-corrected chi connectivity index (χ0v) is 9.96. The van der Waals surface area contributed by atoms with Crippen molar-refractivity contribution in [3.63, 3.8) is 0 Å². The second-order valence-corrected chi connectivity index (χ2v) is 4.16. The molecule has 4 nitrogen and oxygen atoms in total. The number of methoxy groups -OCH3 is 2. The monoisotopic (exact) mass is 184 g/mol. The van der Waals surface area contributed by atoms with Crippen LogP contribution in [0.25, 0.3) is 0 Å². The molecular weight excluding hydrogens is 171 g/mol. The summed E-state index contributed by atoms with van der Waals surface area (Å²) in [4.78, 5) is 11.3. The summed E-state index contributed by atoms with van der Waals surface area (Å²) in [6, 6.07) is 0. The summed E-state index contributed by atoms with van der Waals surface area (Å²) in [5.74, 6) is -1.43. The fourth-order valence-electron chi connectivity index (χ4n) is 0.765. The summed E-state index contributed by atoms with van der Waals surface area (Å²) in [7, 11) is 2.81. The Bertz CT molecular complexity index is 153. The van der Waals surface area contributed by atoms with E-state index in [0.717, 1.165) is 0 Å². The third kappa shape index (κ3) is 3.51. The second-order valence-electron chi connectivity index (χ2n) is 2.83. The van der Waals surface area contributed by atoms with Crippen molar-refractivity contribution < 1.29 is 19.4 Å². The van der Waals surface area contributed by atoms with Crippen LogP contribution < -0.4 is 0 Å². The predicted octanol–water partition coefficient (Wildman–Crippen LogP) is -0.559. The summed E-state index contributed by atoms with van der Waals surface area (Å²) in [6.45, 7) is 1.54. The molecule has 0 aliphatic rings. The zero-order chi connectivity index (χ0) is 9.78. The van der Waals surface area contributed by atoms with Crippen molar-refractivity contribution in [2.24, 2.45) is 0 Å². The van der Waals surface area contributed by atoms with Crippen molar-refractivity contribution in [1.82, 2.24) is 0 Å². The molecule has 0 saturated heterocycles. The molecule has 0 radical (unpaired) electrons. The average Bonchev–Trinajstić information content (AvgIpc) is 2.02. The number of ether oxygens (including phenoxy) is 2. The molecular formula is C7H13NaO4. The second kappa shape index (κ2) is 5.32. The first kappa shape index (κ1) is 12.6. The molecule has 0 aliphatic heterocycles. The van der Waals surface area contributed by atoms with E-state index in [1.807, 2.05) is 0 Å². The fraction of sp³-hybridized carbons (Fsp3) is 0.857. The van der Waals surface area contributed by atoms with Crippen molar-refractivity contribution in [3.05, 3.63) is 0 Å². The molecule has 1 N–H and O–H groups in total. The molecule has 1 atom stereocenters. The number of aliphatic hydroxyl groups is 1. The maximum absolute atomic E-state index is 11.3. The fourth-order valence-corrected chi connectivity index (χ4v) is 1.14. The summed E-state index contributed by atoms with van der Waals surface area (Å²) < 4.78 is 9.24. The van der Waals surface area contributed by atoms with Gasteiger partial charge in [-0.2, -0.15) is 0 Å². The predicted molar refractivity (Wildman–Crippen MR) is 43.8 cm³/mol. The van der Waals surface area contributed by atoms with E-state index >= 15 is 0 Å². The average molecular weight is 184 g/mol. The number of hydrogen-bond donors (Lipinski definition) is 1. The minimum atomic E-state index is -1.20. The van der Waals surface area contributed by atoms with Gasteiger partial charge in [0.15, 0.2) is 0 Å². The van der Waals surface area contributed by atoms with Gasteiger partial charge in [-0.05, 0) is 0 Å². The Morgan fingerprint density at radius 2 is 2.00 bits per heavy atom. The minimum absolute atomic E-state index is 0.102. The molecule has 0 aromatic heterocycles. The van der Waals surface area contributed by atoms with E-state index in [9.17, 15) is 4.79 Å². The first-order valence-corrected chi connectivity index (χ1v) is 4.93. The van der Waals surface area contributed by atoms with Gasteiger partial charge in [0.25, 0.3) is 0 Å². The summed E-state index contributed by atoms with van der Waals surface area (Å²) in [6.07, 6.45) is 0.102. The van der Waals surface area contributed by atoms with Gasteiger partial charge >= 0.3 is 89.8 Å². The SMILES string of the molecule is COC(C)(OC)C(=O)C[CH](O)[Na]. The van der Waals surface area contributed by atoms with Crippen LogP contribution in [0.4, 0.5) is 0 Å². The Hall–Kier alpha value is 0.550. The van der Waals surface area contributed by atoms with Gasteiger partial charge < -0.3 is 0 Å². The third-order valence-electron chi connectivity index (χ3n) is 1.77. The molecule has 0 spiro atoms. The topological polar surface area (TPSA) is 55.8 Å². The van der Waals surface area contributed by atoms with Crippen LogP contribution in [0.15, 0.2) is 0 Å². The molecule has 0 rings (SSSR count). The van der Waals surface area contributed by atoms with Gasteiger partial charge in [0.2, 0.25) is 0 Å². The van der Waals surface area contributed by atoms with Crippen molar-refractivity contribution in [1.29, 1.82) is 0 Å². The summed E-state index contributed by atoms with van der Waals surface area (Å²) >= 11 is 0.579. The molecule has 1 unspecified atom stereocenters. The van der Waals surface area contributed by atoms with Crippen molar-refractivity contribution in [2.45, 2.75) is 22.5 Å². The van der Waals surface area contributed by atoms with Gasteiger partial charge in [0.1, 0.15) is 0 Å². The van der Waals surface area contributed by atoms with Crippen LogP contribution in [0.3, 0.4) is 0 Å². The number of aliphatic hydroxyl groups excluding tert-OH is 1. The van der Waals surface area contributed by atoms with E-state index in [4.69, 9.17) is 14.6 Å². The Morgan fingerprint density at radius 3 is 2.25 bits per heavy atom. The Morgan fingerprint density at radius 1 is 1.58 bits per heavy atom. The van der Waals surface area contributed by atoms with Crippen LogP contribution in [0.1, 0.15) is 13.3 Å². The molecule has 12 heavy (non-hydrogen) atoms. The first-order chi connectivity index (χ1) is 5.46. The first-order valence-electron chi connectivity index (χ1n) is 3.78. The van der Waals surface area contributed by atoms with E-state index in [-0.39, 0.29) is 12.2 Å². The molecule has 0 heterocycles. The zero-order valence-electron chi connectivity index (χ0n) is 7.96. The number of carbonyl (C=O) groups is 1. The van der Waals surface area contributed by atoms with Gasteiger partial charge in [0, 0.05) is 0 Å². The van der Waals surface area contributed by atoms with Crippen LogP contribution in [-0.4, -0.2) is 62.2 Å². The normalized spacial score (nSPS) is 14.5. The Labute approximate surface area is 89.6 Å². The number of carbonyl (C=O) groups excluding carboxylic acids is 1. The van der Waals surface area contributed by atoms with E-state index in [2.05, 4.69) is 0 Å². The molecule has 0 aromatic carbocycles. The summed E-state index contributed by atoms with van der Waals surface area (Å²) in [5.41, 5.74) is 0. The number of hydrogen-bond acceptors (Lipinski definition) is 4. The standard InChI is InChI=1S/C7H13O4.Na/c1-7(10-2,11-3)6(9)4-5-8;/h5,8H,4H2,1-3H3;. The van der Waals surface area contributed by atoms with Crippen LogP contribution in [0.5, 0.6) is 0 Å². The molecule has 0 aromatic rings. The molecule has 0 fully saturated rings. The Balaban J connectivity index is 4.22. The molecule has 66 valence electrons. The maximum atomic E-state index is 11.3. The number of Topliss-reactive ketones (excluding diaryl/α,β-unsaturated/α-hetero) is 1. The van der Waals surface area contributed by atoms with Crippen molar-refractivity contribution in [3.8, 4) is 0 Å². The molecule has 5 heteroatoms. The molecule has 0 aliphatic carbocycles. The molecule has 0 bridgehead atoms. The molecule has 0 amide bonds. The van der Waals surface area contributed by atoms with Crippen molar-refractivity contribution in [2.75, 3.05) is 14.2 Å². The van der Waals surface area contributed by atoms with Crippen LogP contribution in [0, 0.1) is 0 Å². The van der Waals surface area contributed by atoms with Gasteiger partial charge in [-0.1, -0.05) is 0 Å². The van der Waals surface area contributed by atoms with Gasteiger partial charge in [-0.15, -0.1) is 0 Å². The van der Waals surface area contributed by atoms with E-state index < -0.39 is 9.14 Å². The van der Waals surface area contributed by atoms with Crippen LogP contribution >= 0.6 is 0 Å². The quantitative estimate of drug-likeness (QED) is 0.459.